The summed E-state index contributed by atoms with van der Waals surface area (Å²) in [4.78, 5) is 2.04. The van der Waals surface area contributed by atoms with E-state index in [4.69, 9.17) is 4.74 Å². The maximum Gasteiger partial charge on any atom is 0.573 e. The summed E-state index contributed by atoms with van der Waals surface area (Å²) in [5.41, 5.74) is 0.754. The molecule has 2 rings (SSSR count). The molecule has 1 aliphatic heterocycles. The minimum absolute atomic E-state index is 0.0977. The van der Waals surface area contributed by atoms with E-state index in [0.29, 0.717) is 26.3 Å². The fourth-order valence-electron chi connectivity index (χ4n) is 2.21. The van der Waals surface area contributed by atoms with E-state index in [0.717, 1.165) is 5.56 Å². The topological polar surface area (TPSA) is 41.9 Å². The Bertz CT molecular complexity index is 416. The van der Waals surface area contributed by atoms with E-state index < -0.39 is 6.36 Å². The van der Waals surface area contributed by atoms with Gasteiger partial charge in [-0.25, -0.2) is 0 Å². The molecule has 1 aromatic rings. The van der Waals surface area contributed by atoms with Crippen molar-refractivity contribution >= 4 is 0 Å². The van der Waals surface area contributed by atoms with Gasteiger partial charge in [-0.1, -0.05) is 12.1 Å². The minimum atomic E-state index is -4.69. The van der Waals surface area contributed by atoms with Gasteiger partial charge in [-0.05, 0) is 17.7 Å². The average Bonchev–Trinajstić information content (AvgIpc) is 2.41. The fraction of sp³-hybridized carbons (Fsp3) is 0.538. The first kappa shape index (κ1) is 15.1. The highest BCUT2D eigenvalue weighted by Crippen LogP contribution is 2.26. The molecule has 0 spiro atoms. The highest BCUT2D eigenvalue weighted by molar-refractivity contribution is 5.29. The number of aliphatic hydroxyl groups is 1. The molecule has 0 saturated carbocycles. The van der Waals surface area contributed by atoms with Crippen LogP contribution in [0.5, 0.6) is 5.75 Å². The molecule has 1 heterocycles. The van der Waals surface area contributed by atoms with Crippen LogP contribution in [0.3, 0.4) is 0 Å². The predicted octanol–water partition coefficient (Wildman–Crippen LogP) is 1.95. The second-order valence-electron chi connectivity index (χ2n) is 4.46. The summed E-state index contributed by atoms with van der Waals surface area (Å²) >= 11 is 0. The summed E-state index contributed by atoms with van der Waals surface area (Å²) in [6.07, 6.45) is -4.69. The van der Waals surface area contributed by atoms with Crippen molar-refractivity contribution in [3.05, 3.63) is 29.8 Å². The minimum Gasteiger partial charge on any atom is -0.406 e. The Balaban J connectivity index is 2.06. The monoisotopic (exact) mass is 291 g/mol. The number of ether oxygens (including phenoxy) is 2. The van der Waals surface area contributed by atoms with Crippen LogP contribution in [-0.4, -0.2) is 49.3 Å². The van der Waals surface area contributed by atoms with E-state index in [1.807, 2.05) is 4.90 Å². The van der Waals surface area contributed by atoms with Crippen molar-refractivity contribution in [1.82, 2.24) is 4.90 Å². The first-order valence-corrected chi connectivity index (χ1v) is 6.28. The third-order valence-electron chi connectivity index (χ3n) is 3.16. The van der Waals surface area contributed by atoms with Gasteiger partial charge >= 0.3 is 6.36 Å². The highest BCUT2D eigenvalue weighted by Gasteiger charge is 2.31. The number of hydrogen-bond donors (Lipinski definition) is 1. The molecule has 0 bridgehead atoms. The standard InChI is InChI=1S/C13H16F3NO3/c14-13(15,16)20-11-3-1-10(2-4-11)12(9-18)17-5-7-19-8-6-17/h1-4,12,18H,5-9H2/t12-/m0/s1. The highest BCUT2D eigenvalue weighted by atomic mass is 19.4. The maximum absolute atomic E-state index is 12.1. The normalized spacial score (nSPS) is 18.8. The Hall–Kier alpha value is -1.31. The maximum atomic E-state index is 12.1. The lowest BCUT2D eigenvalue weighted by Gasteiger charge is -2.33. The SMILES string of the molecule is OC[C@@H](c1ccc(OC(F)(F)F)cc1)N1CCOCC1. The van der Waals surface area contributed by atoms with E-state index in [1.165, 1.54) is 24.3 Å². The molecule has 112 valence electrons. The third kappa shape index (κ3) is 4.09. The molecule has 1 aromatic carbocycles. The molecule has 1 N–H and O–H groups in total. The van der Waals surface area contributed by atoms with Gasteiger partial charge in [0.2, 0.25) is 0 Å². The lowest BCUT2D eigenvalue weighted by Crippen LogP contribution is -2.40. The van der Waals surface area contributed by atoms with Gasteiger partial charge in [-0.15, -0.1) is 13.2 Å². The van der Waals surface area contributed by atoms with E-state index in [2.05, 4.69) is 4.74 Å². The second kappa shape index (κ2) is 6.43. The van der Waals surface area contributed by atoms with Crippen LogP contribution in [0.2, 0.25) is 0 Å². The van der Waals surface area contributed by atoms with Gasteiger partial charge in [0.1, 0.15) is 5.75 Å². The van der Waals surface area contributed by atoms with Crippen molar-refractivity contribution in [1.29, 1.82) is 0 Å². The zero-order valence-electron chi connectivity index (χ0n) is 10.8. The lowest BCUT2D eigenvalue weighted by atomic mass is 10.1. The molecule has 0 amide bonds. The van der Waals surface area contributed by atoms with Crippen LogP contribution in [0.4, 0.5) is 13.2 Å². The molecule has 20 heavy (non-hydrogen) atoms. The fourth-order valence-corrected chi connectivity index (χ4v) is 2.21. The zero-order chi connectivity index (χ0) is 14.6. The van der Waals surface area contributed by atoms with Crippen molar-refractivity contribution < 1.29 is 27.8 Å². The van der Waals surface area contributed by atoms with Gasteiger partial charge < -0.3 is 14.6 Å². The molecule has 7 heteroatoms. The van der Waals surface area contributed by atoms with Crippen molar-refractivity contribution in [3.8, 4) is 5.75 Å². The largest absolute Gasteiger partial charge is 0.573 e. The van der Waals surface area contributed by atoms with Gasteiger partial charge in [0, 0.05) is 13.1 Å². The summed E-state index contributed by atoms with van der Waals surface area (Å²) in [5.74, 6) is -0.264. The molecule has 0 aliphatic carbocycles. The third-order valence-corrected chi connectivity index (χ3v) is 3.16. The summed E-state index contributed by atoms with van der Waals surface area (Å²) in [6, 6.07) is 5.35. The first-order valence-electron chi connectivity index (χ1n) is 6.28. The Morgan fingerprint density at radius 2 is 1.80 bits per heavy atom. The summed E-state index contributed by atoms with van der Waals surface area (Å²) in [7, 11) is 0. The van der Waals surface area contributed by atoms with Crippen molar-refractivity contribution in [2.45, 2.75) is 12.4 Å². The number of rotatable bonds is 4. The molecule has 0 aromatic heterocycles. The van der Waals surface area contributed by atoms with Gasteiger partial charge in [0.15, 0.2) is 0 Å². The zero-order valence-corrected chi connectivity index (χ0v) is 10.8. The molecule has 4 nitrogen and oxygen atoms in total. The lowest BCUT2D eigenvalue weighted by molar-refractivity contribution is -0.274. The quantitative estimate of drug-likeness (QED) is 0.920. The molecule has 0 radical (unpaired) electrons. The Morgan fingerprint density at radius 1 is 1.20 bits per heavy atom. The van der Waals surface area contributed by atoms with Gasteiger partial charge in [0.25, 0.3) is 0 Å². The number of nitrogens with zero attached hydrogens (tertiary/aromatic N) is 1. The van der Waals surface area contributed by atoms with Crippen LogP contribution in [0.1, 0.15) is 11.6 Å². The van der Waals surface area contributed by atoms with Gasteiger partial charge in [0.05, 0.1) is 25.9 Å². The van der Waals surface area contributed by atoms with Crippen LogP contribution in [0.15, 0.2) is 24.3 Å². The summed E-state index contributed by atoms with van der Waals surface area (Å²) in [5, 5.41) is 9.49. The van der Waals surface area contributed by atoms with Crippen LogP contribution >= 0.6 is 0 Å². The molecule has 1 fully saturated rings. The van der Waals surface area contributed by atoms with E-state index >= 15 is 0 Å². The second-order valence-corrected chi connectivity index (χ2v) is 4.46. The Morgan fingerprint density at radius 3 is 2.30 bits per heavy atom. The molecule has 1 aliphatic rings. The molecule has 1 saturated heterocycles. The number of benzene rings is 1. The number of aliphatic hydroxyl groups excluding tert-OH is 1. The predicted molar refractivity (Wildman–Crippen MR) is 65.3 cm³/mol. The first-order chi connectivity index (χ1) is 9.49. The van der Waals surface area contributed by atoms with E-state index in [1.54, 1.807) is 0 Å². The molecule has 0 unspecified atom stereocenters. The van der Waals surface area contributed by atoms with Gasteiger partial charge in [-0.3, -0.25) is 4.90 Å². The van der Waals surface area contributed by atoms with Crippen molar-refractivity contribution in [3.63, 3.8) is 0 Å². The van der Waals surface area contributed by atoms with Crippen LogP contribution in [-0.2, 0) is 4.74 Å². The van der Waals surface area contributed by atoms with Crippen molar-refractivity contribution in [2.24, 2.45) is 0 Å². The van der Waals surface area contributed by atoms with Crippen molar-refractivity contribution in [2.75, 3.05) is 32.9 Å². The van der Waals surface area contributed by atoms with Crippen LogP contribution in [0.25, 0.3) is 0 Å². The average molecular weight is 291 g/mol. The number of alkyl halides is 3. The number of halogens is 3. The Labute approximate surface area is 114 Å². The number of hydrogen-bond acceptors (Lipinski definition) is 4. The summed E-state index contributed by atoms with van der Waals surface area (Å²) in [6.45, 7) is 2.45. The smallest absolute Gasteiger partial charge is 0.406 e. The Kier molecular flexibility index (Phi) is 4.85. The van der Waals surface area contributed by atoms with Crippen LogP contribution in [0, 0.1) is 0 Å². The number of morpholine rings is 1. The molecular formula is C13H16F3NO3. The molecular weight excluding hydrogens is 275 g/mol. The summed E-state index contributed by atoms with van der Waals surface area (Å²) < 4.78 is 45.3. The van der Waals surface area contributed by atoms with Crippen LogP contribution < -0.4 is 4.74 Å². The molecule has 1 atom stereocenters. The van der Waals surface area contributed by atoms with E-state index in [9.17, 15) is 18.3 Å². The van der Waals surface area contributed by atoms with E-state index in [-0.39, 0.29) is 18.4 Å². The van der Waals surface area contributed by atoms with Gasteiger partial charge in [-0.2, -0.15) is 0 Å².